The van der Waals surface area contributed by atoms with Gasteiger partial charge >= 0.3 is 0 Å². The van der Waals surface area contributed by atoms with Crippen molar-refractivity contribution in [2.24, 2.45) is 5.73 Å². The Morgan fingerprint density at radius 2 is 2.47 bits per heavy atom. The van der Waals surface area contributed by atoms with Gasteiger partial charge in [-0.25, -0.2) is 9.99 Å². The molecule has 0 radical (unpaired) electrons. The fraction of sp³-hybridized carbons (Fsp3) is 0.250. The molecular formula is C8H12N6O. The molecule has 1 aliphatic heterocycles. The molecule has 0 saturated carbocycles. The van der Waals surface area contributed by atoms with E-state index in [1.54, 1.807) is 11.2 Å². The first-order valence-electron chi connectivity index (χ1n) is 4.45. The number of imidazole rings is 1. The molecule has 4 N–H and O–H groups in total. The van der Waals surface area contributed by atoms with Gasteiger partial charge in [-0.05, 0) is 0 Å². The van der Waals surface area contributed by atoms with Crippen LogP contribution in [0.5, 0.6) is 0 Å². The highest BCUT2D eigenvalue weighted by Gasteiger charge is 2.18. The van der Waals surface area contributed by atoms with Gasteiger partial charge in [-0.3, -0.25) is 9.80 Å². The van der Waals surface area contributed by atoms with Crippen molar-refractivity contribution in [2.45, 2.75) is 0 Å². The number of hydrogen-bond acceptors (Lipinski definition) is 5. The largest absolute Gasteiger partial charge is 0.364 e. The molecule has 1 aromatic rings. The topological polar surface area (TPSA) is 90.3 Å². The number of likely N-dealkylation sites (N-methyl/N-ethyl adjacent to an activating group) is 1. The average Bonchev–Trinajstić information content (AvgIpc) is 2.65. The van der Waals surface area contributed by atoms with Crippen LogP contribution >= 0.6 is 0 Å². The Bertz CT molecular complexity index is 398. The highest BCUT2D eigenvalue weighted by atomic mass is 16.1. The van der Waals surface area contributed by atoms with Crippen molar-refractivity contribution in [1.29, 1.82) is 0 Å². The van der Waals surface area contributed by atoms with Crippen LogP contribution in [0, 0.1) is 0 Å². The molecule has 0 fully saturated rings. The van der Waals surface area contributed by atoms with Gasteiger partial charge in [0.1, 0.15) is 0 Å². The molecule has 0 unspecified atom stereocenters. The van der Waals surface area contributed by atoms with Crippen LogP contribution in [0.25, 0.3) is 0 Å². The summed E-state index contributed by atoms with van der Waals surface area (Å²) >= 11 is 0. The van der Waals surface area contributed by atoms with E-state index in [4.69, 9.17) is 5.73 Å². The van der Waals surface area contributed by atoms with Crippen LogP contribution in [0.1, 0.15) is 10.5 Å². The minimum absolute atomic E-state index is 0.211. The standard InChI is InChI=1S/C8H12N6O/c1-13-3-2-4-14(12-13)8-6(7(9)15)10-5-11-8/h2,4-5,12H,3H2,1H3,(H2,9,15)(H,10,11). The van der Waals surface area contributed by atoms with Crippen LogP contribution in [-0.4, -0.2) is 34.5 Å². The predicted molar refractivity (Wildman–Crippen MR) is 54.5 cm³/mol. The van der Waals surface area contributed by atoms with Crippen molar-refractivity contribution in [3.8, 4) is 0 Å². The molecule has 2 rings (SSSR count). The second-order valence-corrected chi connectivity index (χ2v) is 3.20. The molecule has 0 saturated heterocycles. The van der Waals surface area contributed by atoms with E-state index in [-0.39, 0.29) is 5.69 Å². The second-order valence-electron chi connectivity index (χ2n) is 3.20. The first-order valence-corrected chi connectivity index (χ1v) is 4.45. The summed E-state index contributed by atoms with van der Waals surface area (Å²) in [7, 11) is 1.89. The molecule has 1 aromatic heterocycles. The molecule has 0 aromatic carbocycles. The molecule has 0 aliphatic carbocycles. The van der Waals surface area contributed by atoms with Gasteiger partial charge in [0.25, 0.3) is 5.91 Å². The van der Waals surface area contributed by atoms with Crippen LogP contribution in [0.3, 0.4) is 0 Å². The van der Waals surface area contributed by atoms with Crippen molar-refractivity contribution in [2.75, 3.05) is 18.6 Å². The van der Waals surface area contributed by atoms with E-state index in [9.17, 15) is 4.79 Å². The number of carbonyl (C=O) groups excluding carboxylic acids is 1. The number of rotatable bonds is 2. The van der Waals surface area contributed by atoms with Gasteiger partial charge in [-0.15, -0.1) is 0 Å². The van der Waals surface area contributed by atoms with Crippen molar-refractivity contribution < 1.29 is 4.79 Å². The van der Waals surface area contributed by atoms with E-state index >= 15 is 0 Å². The lowest BCUT2D eigenvalue weighted by atomic mass is 10.4. The lowest BCUT2D eigenvalue weighted by molar-refractivity contribution is 0.0996. The molecule has 80 valence electrons. The molecule has 1 amide bonds. The van der Waals surface area contributed by atoms with Crippen molar-refractivity contribution in [1.82, 2.24) is 20.5 Å². The summed E-state index contributed by atoms with van der Waals surface area (Å²) in [5.74, 6) is -0.0278. The fourth-order valence-electron chi connectivity index (χ4n) is 1.34. The maximum absolute atomic E-state index is 11.1. The average molecular weight is 208 g/mol. The van der Waals surface area contributed by atoms with E-state index < -0.39 is 5.91 Å². The van der Waals surface area contributed by atoms with Crippen LogP contribution in [0.4, 0.5) is 5.82 Å². The first-order chi connectivity index (χ1) is 7.18. The summed E-state index contributed by atoms with van der Waals surface area (Å²) in [5.41, 5.74) is 8.41. The van der Waals surface area contributed by atoms with Crippen molar-refractivity contribution in [3.63, 3.8) is 0 Å². The van der Waals surface area contributed by atoms with Gasteiger partial charge in [-0.2, -0.15) is 5.53 Å². The minimum atomic E-state index is -0.560. The molecule has 0 spiro atoms. The van der Waals surface area contributed by atoms with Crippen LogP contribution in [0.15, 0.2) is 18.6 Å². The van der Waals surface area contributed by atoms with E-state index in [0.717, 1.165) is 6.54 Å². The number of nitrogens with zero attached hydrogens (tertiary/aromatic N) is 3. The number of nitrogens with one attached hydrogen (secondary N) is 2. The maximum Gasteiger partial charge on any atom is 0.271 e. The molecule has 7 nitrogen and oxygen atoms in total. The third kappa shape index (κ3) is 1.83. The highest BCUT2D eigenvalue weighted by Crippen LogP contribution is 2.15. The summed E-state index contributed by atoms with van der Waals surface area (Å²) in [5, 5.41) is 3.50. The van der Waals surface area contributed by atoms with Gasteiger partial charge in [0, 0.05) is 19.8 Å². The number of aromatic nitrogens is 2. The van der Waals surface area contributed by atoms with E-state index in [1.165, 1.54) is 6.33 Å². The Kier molecular flexibility index (Phi) is 2.40. The summed E-state index contributed by atoms with van der Waals surface area (Å²) < 4.78 is 0. The molecule has 15 heavy (non-hydrogen) atoms. The van der Waals surface area contributed by atoms with Crippen molar-refractivity contribution >= 4 is 11.7 Å². The number of anilines is 1. The SMILES string of the molecule is CN1CC=CN(c2[nH]cnc2C(N)=O)N1. The molecule has 0 atom stereocenters. The Labute approximate surface area is 86.5 Å². The summed E-state index contributed by atoms with van der Waals surface area (Å²) in [6.07, 6.45) is 5.18. The molecule has 2 heterocycles. The zero-order valence-electron chi connectivity index (χ0n) is 8.27. The number of hydrogen-bond donors (Lipinski definition) is 3. The molecule has 7 heteroatoms. The van der Waals surface area contributed by atoms with Gasteiger partial charge in [-0.1, -0.05) is 6.08 Å². The molecule has 0 bridgehead atoms. The zero-order chi connectivity index (χ0) is 10.8. The zero-order valence-corrected chi connectivity index (χ0v) is 8.27. The number of nitrogens with two attached hydrogens (primary N) is 1. The van der Waals surface area contributed by atoms with E-state index in [1.807, 2.05) is 18.1 Å². The third-order valence-electron chi connectivity index (χ3n) is 2.01. The predicted octanol–water partition coefficient (Wildman–Crippen LogP) is -0.806. The number of carbonyl (C=O) groups is 1. The summed E-state index contributed by atoms with van der Waals surface area (Å²) in [6.45, 7) is 0.788. The van der Waals surface area contributed by atoms with Gasteiger partial charge < -0.3 is 10.7 Å². The Morgan fingerprint density at radius 3 is 3.13 bits per heavy atom. The van der Waals surface area contributed by atoms with E-state index in [0.29, 0.717) is 5.82 Å². The normalized spacial score (nSPS) is 17.0. The van der Waals surface area contributed by atoms with Gasteiger partial charge in [0.15, 0.2) is 11.5 Å². The number of aromatic amines is 1. The third-order valence-corrected chi connectivity index (χ3v) is 2.01. The Hall–Kier alpha value is -1.86. The number of primary amides is 1. The minimum Gasteiger partial charge on any atom is -0.364 e. The second kappa shape index (κ2) is 3.71. The van der Waals surface area contributed by atoms with Crippen LogP contribution in [-0.2, 0) is 0 Å². The summed E-state index contributed by atoms with van der Waals surface area (Å²) in [4.78, 5) is 17.8. The monoisotopic (exact) mass is 208 g/mol. The fourth-order valence-corrected chi connectivity index (χ4v) is 1.34. The van der Waals surface area contributed by atoms with Crippen molar-refractivity contribution in [3.05, 3.63) is 24.3 Å². The lowest BCUT2D eigenvalue weighted by Crippen LogP contribution is -2.48. The first kappa shape index (κ1) is 9.69. The number of amides is 1. The molecule has 1 aliphatic rings. The van der Waals surface area contributed by atoms with Gasteiger partial charge in [0.05, 0.1) is 6.33 Å². The summed E-state index contributed by atoms with van der Waals surface area (Å²) in [6, 6.07) is 0. The smallest absolute Gasteiger partial charge is 0.271 e. The molecular weight excluding hydrogens is 196 g/mol. The lowest BCUT2D eigenvalue weighted by Gasteiger charge is -2.29. The highest BCUT2D eigenvalue weighted by molar-refractivity contribution is 5.95. The Morgan fingerprint density at radius 1 is 1.67 bits per heavy atom. The Balaban J connectivity index is 2.29. The number of hydrazine groups is 2. The number of H-pyrrole nitrogens is 1. The van der Waals surface area contributed by atoms with Crippen LogP contribution in [0.2, 0.25) is 0 Å². The van der Waals surface area contributed by atoms with Gasteiger partial charge in [0.2, 0.25) is 0 Å². The van der Waals surface area contributed by atoms with Crippen LogP contribution < -0.4 is 16.3 Å². The van der Waals surface area contributed by atoms with E-state index in [2.05, 4.69) is 15.5 Å². The maximum atomic E-state index is 11.1. The quantitative estimate of drug-likeness (QED) is 0.591.